The molecule has 3 aliphatic rings. The smallest absolute Gasteiger partial charge is 0.255 e. The summed E-state index contributed by atoms with van der Waals surface area (Å²) in [5, 5.41) is 34.7. The summed E-state index contributed by atoms with van der Waals surface area (Å²) < 4.78 is 0. The van der Waals surface area contributed by atoms with Crippen LogP contribution in [0.5, 0.6) is 5.75 Å². The van der Waals surface area contributed by atoms with Crippen molar-refractivity contribution in [2.45, 2.75) is 58.4 Å². The van der Waals surface area contributed by atoms with Gasteiger partial charge >= 0.3 is 0 Å². The van der Waals surface area contributed by atoms with Gasteiger partial charge in [-0.25, -0.2) is 0 Å². The van der Waals surface area contributed by atoms with E-state index in [0.717, 1.165) is 29.7 Å². The second-order valence-corrected chi connectivity index (χ2v) is 11.5. The van der Waals surface area contributed by atoms with E-state index in [2.05, 4.69) is 43.5 Å². The molecule has 9 nitrogen and oxygen atoms in total. The summed E-state index contributed by atoms with van der Waals surface area (Å²) in [6.07, 6.45) is 14.9. The van der Waals surface area contributed by atoms with Crippen LogP contribution in [0.1, 0.15) is 70.3 Å². The van der Waals surface area contributed by atoms with Crippen molar-refractivity contribution in [1.82, 2.24) is 5.32 Å². The third kappa shape index (κ3) is 7.34. The molecule has 0 aliphatic heterocycles. The third-order valence-corrected chi connectivity index (χ3v) is 8.22. The first-order valence-corrected chi connectivity index (χ1v) is 14.3. The Morgan fingerprint density at radius 2 is 1.76 bits per heavy atom. The van der Waals surface area contributed by atoms with Gasteiger partial charge in [-0.3, -0.25) is 14.4 Å². The summed E-state index contributed by atoms with van der Waals surface area (Å²) in [4.78, 5) is 37.7. The Morgan fingerprint density at radius 1 is 1.05 bits per heavy atom. The molecule has 1 amide bonds. The van der Waals surface area contributed by atoms with Crippen molar-refractivity contribution in [2.75, 3.05) is 13.2 Å². The fourth-order valence-corrected chi connectivity index (χ4v) is 6.15. The van der Waals surface area contributed by atoms with Crippen LogP contribution in [0.3, 0.4) is 0 Å². The number of hydrogen-bond acceptors (Lipinski definition) is 7. The van der Waals surface area contributed by atoms with E-state index in [1.807, 2.05) is 18.2 Å². The largest absolute Gasteiger partial charge is 0.511 e. The molecule has 3 atom stereocenters. The fourth-order valence-electron chi connectivity index (χ4n) is 6.15. The number of nitrogens with one attached hydrogen (secondary N) is 1. The molecular formula is C33H46N2O7. The lowest BCUT2D eigenvalue weighted by molar-refractivity contribution is -0.123. The minimum absolute atomic E-state index is 0. The molecule has 3 unspecified atom stereocenters. The van der Waals surface area contributed by atoms with Crippen molar-refractivity contribution in [3.8, 4) is 5.75 Å². The van der Waals surface area contributed by atoms with Crippen LogP contribution < -0.4 is 11.1 Å². The van der Waals surface area contributed by atoms with Crippen LogP contribution in [0, 0.1) is 17.8 Å². The number of rotatable bonds is 8. The molecule has 0 spiro atoms. The topological polar surface area (TPSA) is 181 Å². The standard InChI is InChI=1S/C33H40N2O6.H2O.2H2/c1-19(2)35-17-20-7-5-3-4-6-8-22(10-9-20)24-11-12-27(37)30-25(24)14-21(15-28(30)38)13-23-16-29(39)31(33(34)41)32(40)26(23)18-36;;;/h3-6,9-12,19,21,23,26,35-37,40H,7-8,13-18H2,1-2H3,(H2,34,41);1H2;2*1H/b5-3-,6-4-,20-9+,22-10+;;;. The lowest BCUT2D eigenvalue weighted by Crippen LogP contribution is -2.37. The molecule has 4 rings (SSSR count). The zero-order chi connectivity index (χ0) is 29.7. The van der Waals surface area contributed by atoms with Gasteiger partial charge in [0.1, 0.15) is 17.1 Å². The van der Waals surface area contributed by atoms with Gasteiger partial charge in [0.2, 0.25) is 0 Å². The van der Waals surface area contributed by atoms with Crippen molar-refractivity contribution in [2.24, 2.45) is 23.5 Å². The van der Waals surface area contributed by atoms with Gasteiger partial charge in [-0.05, 0) is 60.3 Å². The van der Waals surface area contributed by atoms with Gasteiger partial charge in [-0.1, -0.05) is 61.9 Å². The lowest BCUT2D eigenvalue weighted by Gasteiger charge is -2.34. The number of allylic oxidation sites excluding steroid dienone is 7. The van der Waals surface area contributed by atoms with Gasteiger partial charge < -0.3 is 31.8 Å². The Kier molecular flexibility index (Phi) is 11.2. The third-order valence-electron chi connectivity index (χ3n) is 8.22. The lowest BCUT2D eigenvalue weighted by atomic mass is 9.70. The predicted octanol–water partition coefficient (Wildman–Crippen LogP) is 3.90. The average molecular weight is 583 g/mol. The summed E-state index contributed by atoms with van der Waals surface area (Å²) in [6.45, 7) is 4.53. The average Bonchev–Trinajstić information content (AvgIpc) is 2.90. The monoisotopic (exact) mass is 582 g/mol. The summed E-state index contributed by atoms with van der Waals surface area (Å²) in [5.74, 6) is -3.67. The number of fused-ring (bicyclic) bond motifs is 1. The van der Waals surface area contributed by atoms with Crippen molar-refractivity contribution in [3.05, 3.63) is 82.2 Å². The number of primary amides is 1. The Morgan fingerprint density at radius 3 is 2.43 bits per heavy atom. The molecule has 0 radical (unpaired) electrons. The van der Waals surface area contributed by atoms with E-state index in [0.29, 0.717) is 30.9 Å². The SMILES string of the molecule is CC(C)NC/C1=C/C=C(/c2ccc(O)c3c2CC(CC2CC(=O)C(C(N)=O)=C(O)C2CO)CC3=O)C/C=C\C=C/C1.O.[HH].[HH]. The highest BCUT2D eigenvalue weighted by Gasteiger charge is 2.40. The number of aliphatic hydroxyl groups excluding tert-OH is 2. The number of aliphatic hydroxyl groups is 2. The molecule has 0 bridgehead atoms. The first-order valence-electron chi connectivity index (χ1n) is 14.3. The molecule has 8 N–H and O–H groups in total. The molecule has 0 aromatic heterocycles. The Bertz CT molecular complexity index is 1380. The van der Waals surface area contributed by atoms with Crippen molar-refractivity contribution >= 4 is 23.0 Å². The number of aromatic hydroxyl groups is 1. The summed E-state index contributed by atoms with van der Waals surface area (Å²) in [5.41, 5.74) is 9.11. The maximum Gasteiger partial charge on any atom is 0.255 e. The molecule has 230 valence electrons. The summed E-state index contributed by atoms with van der Waals surface area (Å²) >= 11 is 0. The van der Waals surface area contributed by atoms with Crippen LogP contribution >= 0.6 is 0 Å². The van der Waals surface area contributed by atoms with E-state index in [1.165, 1.54) is 5.57 Å². The molecule has 0 heterocycles. The van der Waals surface area contributed by atoms with Gasteiger partial charge in [0.25, 0.3) is 5.91 Å². The quantitative estimate of drug-likeness (QED) is 0.288. The number of benzene rings is 1. The molecule has 0 saturated carbocycles. The Labute approximate surface area is 249 Å². The first-order chi connectivity index (χ1) is 19.6. The van der Waals surface area contributed by atoms with Gasteiger partial charge in [-0.2, -0.15) is 0 Å². The van der Waals surface area contributed by atoms with Gasteiger partial charge in [0.15, 0.2) is 11.6 Å². The zero-order valence-electron chi connectivity index (χ0n) is 24.2. The molecule has 0 saturated heterocycles. The van der Waals surface area contributed by atoms with Crippen LogP contribution in [-0.2, 0) is 16.0 Å². The molecule has 9 heteroatoms. The number of phenols is 1. The Balaban J connectivity index is 0.00000323. The number of nitrogens with two attached hydrogens (primary N) is 1. The number of carbonyl (C=O) groups is 3. The number of carbonyl (C=O) groups excluding carboxylic acids is 3. The zero-order valence-corrected chi connectivity index (χ0v) is 24.2. The number of hydrogen-bond donors (Lipinski definition) is 5. The number of ketones is 2. The predicted molar refractivity (Wildman–Crippen MR) is 166 cm³/mol. The van der Waals surface area contributed by atoms with E-state index < -0.39 is 41.5 Å². The molecule has 3 aliphatic carbocycles. The van der Waals surface area contributed by atoms with E-state index in [-0.39, 0.29) is 38.6 Å². The molecule has 42 heavy (non-hydrogen) atoms. The normalized spacial score (nSPS) is 26.8. The molecule has 0 fully saturated rings. The minimum Gasteiger partial charge on any atom is -0.511 e. The van der Waals surface area contributed by atoms with Crippen LogP contribution in [0.4, 0.5) is 0 Å². The molecular weight excluding hydrogens is 536 g/mol. The van der Waals surface area contributed by atoms with Crippen molar-refractivity contribution < 1.29 is 38.0 Å². The highest BCUT2D eigenvalue weighted by atomic mass is 16.3. The van der Waals surface area contributed by atoms with Crippen molar-refractivity contribution in [1.29, 1.82) is 0 Å². The van der Waals surface area contributed by atoms with Crippen LogP contribution in [0.15, 0.2) is 65.5 Å². The number of phenolic OH excluding ortho intramolecular Hbond substituents is 1. The van der Waals surface area contributed by atoms with Gasteiger partial charge in [0.05, 0.1) is 12.2 Å². The Hall–Kier alpha value is -3.79. The van der Waals surface area contributed by atoms with Crippen LogP contribution in [-0.4, -0.2) is 57.5 Å². The fraction of sp³-hybridized carbons (Fsp3) is 0.424. The first kappa shape index (κ1) is 32.7. The molecule has 1 aromatic rings. The van der Waals surface area contributed by atoms with E-state index in [1.54, 1.807) is 6.07 Å². The number of Topliss-reactive ketones (excluding diaryl/α,β-unsaturated/α-hetero) is 2. The maximum absolute atomic E-state index is 13.4. The van der Waals surface area contributed by atoms with Crippen LogP contribution in [0.2, 0.25) is 0 Å². The van der Waals surface area contributed by atoms with Gasteiger partial charge in [0, 0.05) is 34.2 Å². The maximum atomic E-state index is 13.4. The van der Waals surface area contributed by atoms with E-state index in [9.17, 15) is 29.7 Å². The second-order valence-electron chi connectivity index (χ2n) is 11.5. The van der Waals surface area contributed by atoms with E-state index in [4.69, 9.17) is 5.73 Å². The minimum atomic E-state index is -1.01. The van der Waals surface area contributed by atoms with Crippen molar-refractivity contribution in [3.63, 3.8) is 0 Å². The summed E-state index contributed by atoms with van der Waals surface area (Å²) in [7, 11) is 0. The summed E-state index contributed by atoms with van der Waals surface area (Å²) in [6, 6.07) is 3.80. The highest BCUT2D eigenvalue weighted by Crippen LogP contribution is 2.42. The van der Waals surface area contributed by atoms with Gasteiger partial charge in [-0.15, -0.1) is 0 Å². The second kappa shape index (κ2) is 14.4. The van der Waals surface area contributed by atoms with Crippen LogP contribution in [0.25, 0.3) is 5.57 Å². The number of amides is 1. The molecule has 1 aromatic carbocycles. The van der Waals surface area contributed by atoms with E-state index >= 15 is 0 Å². The highest BCUT2D eigenvalue weighted by molar-refractivity contribution is 6.19.